The second kappa shape index (κ2) is 8.16. The summed E-state index contributed by atoms with van der Waals surface area (Å²) in [6, 6.07) is 12.9. The fraction of sp³-hybridized carbons (Fsp3) is 0.409. The second-order valence-electron chi connectivity index (χ2n) is 7.76. The molecule has 1 atom stereocenters. The molecular formula is C22H26N2O4S. The molecule has 0 radical (unpaired) electrons. The van der Waals surface area contributed by atoms with Crippen molar-refractivity contribution in [2.75, 3.05) is 13.7 Å². The summed E-state index contributed by atoms with van der Waals surface area (Å²) in [4.78, 5) is 12.7. The quantitative estimate of drug-likeness (QED) is 0.730. The minimum Gasteiger partial charge on any atom is -0.495 e. The molecule has 2 aromatic carbocycles. The van der Waals surface area contributed by atoms with E-state index in [-0.39, 0.29) is 28.5 Å². The fourth-order valence-corrected chi connectivity index (χ4v) is 5.40. The van der Waals surface area contributed by atoms with Gasteiger partial charge in [0.25, 0.3) is 5.91 Å². The maximum atomic E-state index is 12.7. The van der Waals surface area contributed by atoms with E-state index >= 15 is 0 Å². The Kier molecular flexibility index (Phi) is 5.61. The molecule has 2 aromatic rings. The van der Waals surface area contributed by atoms with Crippen molar-refractivity contribution in [2.24, 2.45) is 0 Å². The Balaban J connectivity index is 1.50. The molecule has 0 saturated heterocycles. The number of carbonyl (C=O) groups is 1. The lowest BCUT2D eigenvalue weighted by atomic mass is 9.83. The first-order valence-corrected chi connectivity index (χ1v) is 11.5. The molecule has 7 heteroatoms. The maximum absolute atomic E-state index is 12.7. The van der Waals surface area contributed by atoms with Crippen LogP contribution in [0.5, 0.6) is 5.75 Å². The minimum absolute atomic E-state index is 0.00237. The summed E-state index contributed by atoms with van der Waals surface area (Å²) in [7, 11) is -2.30. The van der Waals surface area contributed by atoms with Gasteiger partial charge in [-0.15, -0.1) is 0 Å². The zero-order valence-corrected chi connectivity index (χ0v) is 17.3. The van der Waals surface area contributed by atoms with Gasteiger partial charge in [-0.1, -0.05) is 24.3 Å². The molecule has 6 nitrogen and oxygen atoms in total. The Hall–Kier alpha value is -2.38. The Morgan fingerprint density at radius 3 is 2.69 bits per heavy atom. The van der Waals surface area contributed by atoms with Crippen molar-refractivity contribution < 1.29 is 17.9 Å². The fourth-order valence-electron chi connectivity index (χ4n) is 3.90. The third kappa shape index (κ3) is 4.46. The summed E-state index contributed by atoms with van der Waals surface area (Å²) in [6.07, 6.45) is 4.89. The van der Waals surface area contributed by atoms with Crippen LogP contribution in [0.2, 0.25) is 0 Å². The van der Waals surface area contributed by atoms with Gasteiger partial charge in [-0.25, -0.2) is 13.1 Å². The molecule has 0 aromatic heterocycles. The molecule has 0 bridgehead atoms. The largest absolute Gasteiger partial charge is 0.495 e. The van der Waals surface area contributed by atoms with Crippen LogP contribution in [0, 0.1) is 0 Å². The number of hydrogen-bond donors (Lipinski definition) is 2. The van der Waals surface area contributed by atoms with Crippen LogP contribution in [-0.2, 0) is 16.4 Å². The number of nitrogens with one attached hydrogen (secondary N) is 2. The van der Waals surface area contributed by atoms with Gasteiger partial charge in [0.15, 0.2) is 0 Å². The molecule has 1 saturated carbocycles. The van der Waals surface area contributed by atoms with Crippen LogP contribution in [-0.4, -0.2) is 34.0 Å². The maximum Gasteiger partial charge on any atom is 0.251 e. The molecular weight excluding hydrogens is 388 g/mol. The predicted octanol–water partition coefficient (Wildman–Crippen LogP) is 2.99. The number of carbonyl (C=O) groups excluding carboxylic acids is 1. The van der Waals surface area contributed by atoms with Crippen molar-refractivity contribution in [3.8, 4) is 5.75 Å². The van der Waals surface area contributed by atoms with Crippen molar-refractivity contribution in [3.63, 3.8) is 0 Å². The highest BCUT2D eigenvalue weighted by Gasteiger charge is 2.30. The summed E-state index contributed by atoms with van der Waals surface area (Å²) >= 11 is 0. The second-order valence-corrected chi connectivity index (χ2v) is 9.44. The normalized spacial score (nSPS) is 18.7. The van der Waals surface area contributed by atoms with Crippen molar-refractivity contribution >= 4 is 15.9 Å². The number of aryl methyl sites for hydroxylation is 1. The lowest BCUT2D eigenvalue weighted by Crippen LogP contribution is -2.30. The number of methoxy groups -OCH3 is 1. The van der Waals surface area contributed by atoms with E-state index in [9.17, 15) is 13.2 Å². The van der Waals surface area contributed by atoms with Gasteiger partial charge < -0.3 is 10.1 Å². The monoisotopic (exact) mass is 414 g/mol. The molecule has 2 aliphatic rings. The van der Waals surface area contributed by atoms with Crippen molar-refractivity contribution in [2.45, 2.75) is 49.0 Å². The van der Waals surface area contributed by atoms with E-state index < -0.39 is 10.0 Å². The van der Waals surface area contributed by atoms with Gasteiger partial charge in [-0.2, -0.15) is 0 Å². The van der Waals surface area contributed by atoms with Gasteiger partial charge in [0.05, 0.1) is 7.11 Å². The third-order valence-electron chi connectivity index (χ3n) is 5.62. The van der Waals surface area contributed by atoms with Crippen LogP contribution in [0.25, 0.3) is 0 Å². The number of hydrogen-bond acceptors (Lipinski definition) is 4. The van der Waals surface area contributed by atoms with Crippen molar-refractivity contribution in [3.05, 3.63) is 59.2 Å². The van der Waals surface area contributed by atoms with E-state index in [2.05, 4.69) is 28.2 Å². The number of rotatable bonds is 7. The molecule has 0 heterocycles. The number of benzene rings is 2. The molecule has 4 rings (SSSR count). The first-order valence-electron chi connectivity index (χ1n) is 10.0. The van der Waals surface area contributed by atoms with Crippen LogP contribution < -0.4 is 14.8 Å². The van der Waals surface area contributed by atoms with Gasteiger partial charge in [-0.3, -0.25) is 4.79 Å². The van der Waals surface area contributed by atoms with E-state index in [4.69, 9.17) is 4.74 Å². The van der Waals surface area contributed by atoms with Crippen LogP contribution in [0.4, 0.5) is 0 Å². The lowest BCUT2D eigenvalue weighted by molar-refractivity contribution is 0.0950. The summed E-state index contributed by atoms with van der Waals surface area (Å²) < 4.78 is 33.2. The van der Waals surface area contributed by atoms with Crippen molar-refractivity contribution in [1.29, 1.82) is 0 Å². The standard InChI is InChI=1S/C22H26N2O4S/c1-28-20-12-9-16(13-21(20)29(26,27)24-18-10-11-18)22(25)23-14-17-7-4-6-15-5-2-3-8-19(15)17/h2-3,5,8-9,12-13,17-18,24H,4,6-7,10-11,14H2,1H3,(H,23,25). The highest BCUT2D eigenvalue weighted by Crippen LogP contribution is 2.31. The summed E-state index contributed by atoms with van der Waals surface area (Å²) in [5.41, 5.74) is 2.96. The topological polar surface area (TPSA) is 84.5 Å². The molecule has 2 aliphatic carbocycles. The average molecular weight is 415 g/mol. The van der Waals surface area contributed by atoms with Gasteiger partial charge >= 0.3 is 0 Å². The van der Waals surface area contributed by atoms with Crippen molar-refractivity contribution in [1.82, 2.24) is 10.0 Å². The van der Waals surface area contributed by atoms with E-state index in [0.29, 0.717) is 12.1 Å². The Morgan fingerprint density at radius 1 is 1.14 bits per heavy atom. The highest BCUT2D eigenvalue weighted by molar-refractivity contribution is 7.89. The Morgan fingerprint density at radius 2 is 1.93 bits per heavy atom. The summed E-state index contributed by atoms with van der Waals surface area (Å²) in [5, 5.41) is 2.98. The molecule has 0 aliphatic heterocycles. The molecule has 29 heavy (non-hydrogen) atoms. The molecule has 1 fully saturated rings. The Labute approximate surface area is 171 Å². The van der Waals surface area contributed by atoms with Crippen LogP contribution in [0.1, 0.15) is 53.1 Å². The SMILES string of the molecule is COc1ccc(C(=O)NCC2CCCc3ccccc32)cc1S(=O)(=O)NC1CC1. The highest BCUT2D eigenvalue weighted by atomic mass is 32.2. The van der Waals surface area contributed by atoms with Gasteiger partial charge in [0.2, 0.25) is 10.0 Å². The van der Waals surface area contributed by atoms with E-state index in [0.717, 1.165) is 32.1 Å². The first-order chi connectivity index (χ1) is 14.0. The van der Waals surface area contributed by atoms with E-state index in [1.54, 1.807) is 6.07 Å². The molecule has 1 amide bonds. The smallest absolute Gasteiger partial charge is 0.251 e. The average Bonchev–Trinajstić information content (AvgIpc) is 3.54. The summed E-state index contributed by atoms with van der Waals surface area (Å²) in [5.74, 6) is 0.233. The molecule has 2 N–H and O–H groups in total. The molecule has 0 spiro atoms. The number of sulfonamides is 1. The van der Waals surface area contributed by atoms with E-state index in [1.165, 1.54) is 30.4 Å². The zero-order valence-electron chi connectivity index (χ0n) is 16.5. The summed E-state index contributed by atoms with van der Waals surface area (Å²) in [6.45, 7) is 0.532. The first kappa shape index (κ1) is 19.9. The number of fused-ring (bicyclic) bond motifs is 1. The zero-order chi connectivity index (χ0) is 20.4. The third-order valence-corrected chi connectivity index (χ3v) is 7.16. The lowest BCUT2D eigenvalue weighted by Gasteiger charge is -2.25. The van der Waals surface area contributed by atoms with E-state index in [1.807, 2.05) is 6.07 Å². The minimum atomic E-state index is -3.73. The predicted molar refractivity (Wildman–Crippen MR) is 111 cm³/mol. The number of amides is 1. The molecule has 154 valence electrons. The van der Waals surface area contributed by atoms with Crippen LogP contribution >= 0.6 is 0 Å². The van der Waals surface area contributed by atoms with Gasteiger partial charge in [0.1, 0.15) is 10.6 Å². The van der Waals surface area contributed by atoms with Crippen LogP contribution in [0.3, 0.4) is 0 Å². The van der Waals surface area contributed by atoms with Crippen LogP contribution in [0.15, 0.2) is 47.4 Å². The van der Waals surface area contributed by atoms with Gasteiger partial charge in [-0.05, 0) is 61.4 Å². The number of ether oxygens (including phenoxy) is 1. The molecule has 1 unspecified atom stereocenters. The van der Waals surface area contributed by atoms with Gasteiger partial charge in [0, 0.05) is 24.1 Å². The Bertz CT molecular complexity index is 1020.